The monoisotopic (exact) mass is 275 g/mol. The first kappa shape index (κ1) is 15.6. The van der Waals surface area contributed by atoms with Gasteiger partial charge in [0.25, 0.3) is 0 Å². The van der Waals surface area contributed by atoms with Gasteiger partial charge in [-0.1, -0.05) is 12.2 Å². The molecule has 0 amide bonds. The first-order valence-electron chi connectivity index (χ1n) is 8.42. The second kappa shape index (κ2) is 8.47. The number of hydrogen-bond acceptors (Lipinski definition) is 2. The van der Waals surface area contributed by atoms with Crippen LogP contribution in [0.15, 0.2) is 12.2 Å². The molecule has 112 valence electrons. The minimum atomic E-state index is 0.350. The molecule has 2 saturated carbocycles. The molecule has 0 aromatic rings. The van der Waals surface area contributed by atoms with Crippen LogP contribution in [0.3, 0.4) is 0 Å². The van der Waals surface area contributed by atoms with E-state index in [1.165, 1.54) is 38.5 Å². The Kier molecular flexibility index (Phi) is 6.60. The number of ether oxygens (including phenoxy) is 1. The van der Waals surface area contributed by atoms with E-state index in [1.54, 1.807) is 0 Å². The summed E-state index contributed by atoms with van der Waals surface area (Å²) in [4.78, 5) is 0. The van der Waals surface area contributed by atoms with Gasteiger partial charge < -0.3 is 4.74 Å². The Morgan fingerprint density at radius 2 is 1.60 bits per heavy atom. The molecule has 0 aromatic heterocycles. The Morgan fingerprint density at radius 1 is 1.00 bits per heavy atom. The molecule has 0 atom stereocenters. The highest BCUT2D eigenvalue weighted by Gasteiger charge is 2.30. The van der Waals surface area contributed by atoms with E-state index in [1.807, 2.05) is 6.92 Å². The van der Waals surface area contributed by atoms with Crippen molar-refractivity contribution < 1.29 is 4.74 Å². The highest BCUT2D eigenvalue weighted by Crippen LogP contribution is 2.41. The fourth-order valence-corrected chi connectivity index (χ4v) is 3.94. The lowest BCUT2D eigenvalue weighted by molar-refractivity contribution is 0.0801. The molecule has 0 spiro atoms. The maximum atomic E-state index is 8.97. The molecule has 0 aromatic carbocycles. The van der Waals surface area contributed by atoms with Gasteiger partial charge in [0.15, 0.2) is 0 Å². The van der Waals surface area contributed by atoms with Crippen LogP contribution in [-0.4, -0.2) is 13.2 Å². The van der Waals surface area contributed by atoms with Crippen LogP contribution in [0.4, 0.5) is 0 Å². The molecule has 2 nitrogen and oxygen atoms in total. The number of hydrogen-bond donors (Lipinski definition) is 0. The van der Waals surface area contributed by atoms with Gasteiger partial charge in [-0.15, -0.1) is 0 Å². The summed E-state index contributed by atoms with van der Waals surface area (Å²) in [5.74, 6) is 2.97. The largest absolute Gasteiger partial charge is 0.377 e. The first-order chi connectivity index (χ1) is 9.83. The first-order valence-corrected chi connectivity index (χ1v) is 8.42. The zero-order valence-corrected chi connectivity index (χ0v) is 12.9. The Hall–Kier alpha value is -0.810. The molecule has 0 radical (unpaired) electrons. The summed E-state index contributed by atoms with van der Waals surface area (Å²) in [6, 6.07) is 2.45. The SMILES string of the molecule is C/C=C\COCC1CCC([C@H]2CC[C@H](C#N)CC2)CC1. The Labute approximate surface area is 124 Å². The van der Waals surface area contributed by atoms with Crippen LogP contribution >= 0.6 is 0 Å². The highest BCUT2D eigenvalue weighted by molar-refractivity contribution is 4.89. The van der Waals surface area contributed by atoms with Gasteiger partial charge in [-0.25, -0.2) is 0 Å². The van der Waals surface area contributed by atoms with Gasteiger partial charge in [-0.05, 0) is 76.0 Å². The predicted octanol–water partition coefficient (Wildman–Crippen LogP) is 4.72. The Bertz CT molecular complexity index is 328. The maximum absolute atomic E-state index is 8.97. The fourth-order valence-electron chi connectivity index (χ4n) is 3.94. The van der Waals surface area contributed by atoms with Crippen molar-refractivity contribution in [3.8, 4) is 6.07 Å². The van der Waals surface area contributed by atoms with Crippen molar-refractivity contribution >= 4 is 0 Å². The van der Waals surface area contributed by atoms with E-state index in [-0.39, 0.29) is 0 Å². The van der Waals surface area contributed by atoms with Crippen molar-refractivity contribution in [3.05, 3.63) is 12.2 Å². The van der Waals surface area contributed by atoms with E-state index in [0.29, 0.717) is 5.92 Å². The van der Waals surface area contributed by atoms with Gasteiger partial charge in [0, 0.05) is 12.5 Å². The molecule has 2 heteroatoms. The second-order valence-electron chi connectivity index (χ2n) is 6.63. The number of nitrogens with zero attached hydrogens (tertiary/aromatic N) is 1. The molecule has 0 saturated heterocycles. The minimum absolute atomic E-state index is 0.350. The lowest BCUT2D eigenvalue weighted by Gasteiger charge is -2.36. The molecule has 2 rings (SSSR count). The standard InChI is InChI=1S/C18H29NO/c1-2-3-12-20-14-16-6-10-18(11-7-16)17-8-4-15(13-19)5-9-17/h2-3,15-18H,4-12,14H2,1H3/b3-2-/t15-,16?,17-,18?. The summed E-state index contributed by atoms with van der Waals surface area (Å²) < 4.78 is 5.70. The van der Waals surface area contributed by atoms with Gasteiger partial charge in [0.1, 0.15) is 0 Å². The van der Waals surface area contributed by atoms with Crippen molar-refractivity contribution in [2.75, 3.05) is 13.2 Å². The molecular weight excluding hydrogens is 246 g/mol. The predicted molar refractivity (Wildman–Crippen MR) is 82.1 cm³/mol. The van der Waals surface area contributed by atoms with Crippen LogP contribution in [0.25, 0.3) is 0 Å². The summed E-state index contributed by atoms with van der Waals surface area (Å²) in [6.45, 7) is 3.75. The topological polar surface area (TPSA) is 33.0 Å². The number of rotatable bonds is 5. The normalized spacial score (nSPS) is 35.0. The molecule has 2 aliphatic rings. The van der Waals surface area contributed by atoms with Crippen LogP contribution in [0, 0.1) is 35.0 Å². The molecule has 2 aliphatic carbocycles. The van der Waals surface area contributed by atoms with Crippen molar-refractivity contribution in [2.24, 2.45) is 23.7 Å². The number of allylic oxidation sites excluding steroid dienone is 1. The molecule has 0 bridgehead atoms. The van der Waals surface area contributed by atoms with Crippen LogP contribution < -0.4 is 0 Å². The molecule has 0 aliphatic heterocycles. The van der Waals surface area contributed by atoms with Crippen LogP contribution in [-0.2, 0) is 4.74 Å². The summed E-state index contributed by atoms with van der Waals surface area (Å²) in [5, 5.41) is 8.97. The quantitative estimate of drug-likeness (QED) is 0.537. The van der Waals surface area contributed by atoms with Gasteiger partial charge >= 0.3 is 0 Å². The van der Waals surface area contributed by atoms with Crippen LogP contribution in [0.2, 0.25) is 0 Å². The lowest BCUT2D eigenvalue weighted by atomic mass is 9.69. The Balaban J connectivity index is 1.63. The molecule has 0 N–H and O–H groups in total. The highest BCUT2D eigenvalue weighted by atomic mass is 16.5. The van der Waals surface area contributed by atoms with E-state index < -0.39 is 0 Å². The zero-order valence-electron chi connectivity index (χ0n) is 12.9. The minimum Gasteiger partial charge on any atom is -0.377 e. The summed E-state index contributed by atoms with van der Waals surface area (Å²) >= 11 is 0. The van der Waals surface area contributed by atoms with E-state index in [2.05, 4.69) is 18.2 Å². The van der Waals surface area contributed by atoms with E-state index in [4.69, 9.17) is 10.00 Å². The summed E-state index contributed by atoms with van der Waals surface area (Å²) in [6.07, 6.45) is 14.5. The van der Waals surface area contributed by atoms with Crippen LogP contribution in [0.1, 0.15) is 58.3 Å². The van der Waals surface area contributed by atoms with Gasteiger partial charge in [-0.2, -0.15) is 5.26 Å². The third-order valence-corrected chi connectivity index (χ3v) is 5.32. The second-order valence-corrected chi connectivity index (χ2v) is 6.63. The third-order valence-electron chi connectivity index (χ3n) is 5.32. The molecule has 20 heavy (non-hydrogen) atoms. The van der Waals surface area contributed by atoms with Crippen LogP contribution in [0.5, 0.6) is 0 Å². The molecule has 0 heterocycles. The maximum Gasteiger partial charge on any atom is 0.0655 e. The molecule has 2 fully saturated rings. The van der Waals surface area contributed by atoms with Crippen molar-refractivity contribution in [3.63, 3.8) is 0 Å². The zero-order chi connectivity index (χ0) is 14.2. The lowest BCUT2D eigenvalue weighted by Crippen LogP contribution is -2.26. The number of nitriles is 1. The summed E-state index contributed by atoms with van der Waals surface area (Å²) in [5.41, 5.74) is 0. The van der Waals surface area contributed by atoms with Crippen molar-refractivity contribution in [2.45, 2.75) is 58.3 Å². The Morgan fingerprint density at radius 3 is 2.15 bits per heavy atom. The summed E-state index contributed by atoms with van der Waals surface area (Å²) in [7, 11) is 0. The third kappa shape index (κ3) is 4.63. The van der Waals surface area contributed by atoms with Crippen molar-refractivity contribution in [1.82, 2.24) is 0 Å². The van der Waals surface area contributed by atoms with Gasteiger partial charge in [0.2, 0.25) is 0 Å². The fraction of sp³-hybridized carbons (Fsp3) is 0.833. The van der Waals surface area contributed by atoms with E-state index in [0.717, 1.165) is 43.8 Å². The van der Waals surface area contributed by atoms with E-state index in [9.17, 15) is 0 Å². The van der Waals surface area contributed by atoms with Crippen molar-refractivity contribution in [1.29, 1.82) is 5.26 Å². The molecule has 0 unspecified atom stereocenters. The average Bonchev–Trinajstić information content (AvgIpc) is 2.52. The van der Waals surface area contributed by atoms with E-state index >= 15 is 0 Å². The smallest absolute Gasteiger partial charge is 0.0655 e. The van der Waals surface area contributed by atoms with Gasteiger partial charge in [0.05, 0.1) is 12.7 Å². The molecular formula is C18H29NO. The van der Waals surface area contributed by atoms with Gasteiger partial charge in [-0.3, -0.25) is 0 Å². The average molecular weight is 275 g/mol.